The van der Waals surface area contributed by atoms with Crippen LogP contribution in [0, 0.1) is 0 Å². The third-order valence-corrected chi connectivity index (χ3v) is 3.84. The van der Waals surface area contributed by atoms with Gasteiger partial charge in [0.15, 0.2) is 0 Å². The van der Waals surface area contributed by atoms with E-state index in [-0.39, 0.29) is 5.91 Å². The number of anilines is 1. The predicted molar refractivity (Wildman–Crippen MR) is 85.3 cm³/mol. The van der Waals surface area contributed by atoms with Crippen molar-refractivity contribution in [1.82, 2.24) is 4.98 Å². The molecule has 0 fully saturated rings. The normalized spacial score (nSPS) is 10.9. The van der Waals surface area contributed by atoms with Gasteiger partial charge in [-0.05, 0) is 23.8 Å². The summed E-state index contributed by atoms with van der Waals surface area (Å²) in [6.07, 6.45) is 2.01. The molecule has 0 radical (unpaired) electrons. The third kappa shape index (κ3) is 2.23. The molecule has 1 amide bonds. The SMILES string of the molecule is CSc1ccc2ccc3cccc(NC(C)=O)c3c2n1. The highest BCUT2D eigenvalue weighted by Gasteiger charge is 2.08. The summed E-state index contributed by atoms with van der Waals surface area (Å²) >= 11 is 1.61. The molecule has 0 saturated carbocycles. The molecule has 100 valence electrons. The second-order valence-electron chi connectivity index (χ2n) is 4.58. The second kappa shape index (κ2) is 5.13. The molecule has 0 aliphatic rings. The Labute approximate surface area is 121 Å². The minimum atomic E-state index is -0.0736. The van der Waals surface area contributed by atoms with Gasteiger partial charge >= 0.3 is 0 Å². The third-order valence-electron chi connectivity index (χ3n) is 3.20. The van der Waals surface area contributed by atoms with E-state index in [4.69, 9.17) is 4.98 Å². The van der Waals surface area contributed by atoms with E-state index in [1.165, 1.54) is 6.92 Å². The van der Waals surface area contributed by atoms with E-state index in [1.54, 1.807) is 11.8 Å². The number of aromatic nitrogens is 1. The van der Waals surface area contributed by atoms with Gasteiger partial charge in [0.2, 0.25) is 5.91 Å². The fraction of sp³-hybridized carbons (Fsp3) is 0.125. The summed E-state index contributed by atoms with van der Waals surface area (Å²) in [4.78, 5) is 16.1. The number of amides is 1. The number of nitrogens with one attached hydrogen (secondary N) is 1. The second-order valence-corrected chi connectivity index (χ2v) is 5.40. The zero-order chi connectivity index (χ0) is 14.1. The number of carbonyl (C=O) groups excluding carboxylic acids is 1. The van der Waals surface area contributed by atoms with Crippen LogP contribution in [0.1, 0.15) is 6.92 Å². The van der Waals surface area contributed by atoms with Gasteiger partial charge in [0, 0.05) is 17.7 Å². The first kappa shape index (κ1) is 12.9. The number of hydrogen-bond donors (Lipinski definition) is 1. The summed E-state index contributed by atoms with van der Waals surface area (Å²) in [5.74, 6) is -0.0736. The molecule has 0 spiro atoms. The van der Waals surface area contributed by atoms with Gasteiger partial charge in [0.25, 0.3) is 0 Å². The molecule has 2 aromatic carbocycles. The highest BCUT2D eigenvalue weighted by atomic mass is 32.2. The first-order valence-electron chi connectivity index (χ1n) is 6.33. The van der Waals surface area contributed by atoms with E-state index in [9.17, 15) is 4.79 Å². The summed E-state index contributed by atoms with van der Waals surface area (Å²) in [5, 5.41) is 7.02. The molecular formula is C16H14N2OS. The van der Waals surface area contributed by atoms with E-state index >= 15 is 0 Å². The largest absolute Gasteiger partial charge is 0.326 e. The molecule has 3 aromatic rings. The molecule has 0 saturated heterocycles. The van der Waals surface area contributed by atoms with Gasteiger partial charge in [-0.3, -0.25) is 4.79 Å². The molecule has 0 bridgehead atoms. The maximum absolute atomic E-state index is 11.4. The highest BCUT2D eigenvalue weighted by molar-refractivity contribution is 7.98. The van der Waals surface area contributed by atoms with Crippen LogP contribution < -0.4 is 5.32 Å². The number of benzene rings is 2. The quantitative estimate of drug-likeness (QED) is 0.569. The van der Waals surface area contributed by atoms with Gasteiger partial charge in [-0.15, -0.1) is 11.8 Å². The Morgan fingerprint density at radius 2 is 1.85 bits per heavy atom. The zero-order valence-corrected chi connectivity index (χ0v) is 12.1. The standard InChI is InChI=1S/C16H14N2OS/c1-10(19)17-13-5-3-4-11-6-7-12-8-9-14(20-2)18-16(12)15(11)13/h3-9H,1-2H3,(H,17,19). The van der Waals surface area contributed by atoms with Gasteiger partial charge < -0.3 is 5.32 Å². The van der Waals surface area contributed by atoms with E-state index in [1.807, 2.05) is 30.5 Å². The molecule has 1 aromatic heterocycles. The smallest absolute Gasteiger partial charge is 0.221 e. The fourth-order valence-electron chi connectivity index (χ4n) is 2.35. The summed E-state index contributed by atoms with van der Waals surface area (Å²) < 4.78 is 0. The molecule has 0 atom stereocenters. The van der Waals surface area contributed by atoms with Crippen molar-refractivity contribution < 1.29 is 4.79 Å². The lowest BCUT2D eigenvalue weighted by Gasteiger charge is -2.10. The summed E-state index contributed by atoms with van der Waals surface area (Å²) in [6.45, 7) is 1.52. The van der Waals surface area contributed by atoms with Crippen LogP contribution in [0.5, 0.6) is 0 Å². The monoisotopic (exact) mass is 282 g/mol. The average Bonchev–Trinajstić information content (AvgIpc) is 2.46. The van der Waals surface area contributed by atoms with Crippen LogP contribution in [-0.2, 0) is 4.79 Å². The van der Waals surface area contributed by atoms with Crippen molar-refractivity contribution in [1.29, 1.82) is 0 Å². The van der Waals surface area contributed by atoms with Gasteiger partial charge in [0.1, 0.15) is 0 Å². The van der Waals surface area contributed by atoms with Crippen LogP contribution in [-0.4, -0.2) is 17.1 Å². The molecule has 1 N–H and O–H groups in total. The molecule has 0 aliphatic heterocycles. The summed E-state index contributed by atoms with van der Waals surface area (Å²) in [7, 11) is 0. The van der Waals surface area contributed by atoms with Crippen LogP contribution in [0.4, 0.5) is 5.69 Å². The predicted octanol–water partition coefficient (Wildman–Crippen LogP) is 4.07. The molecule has 0 aliphatic carbocycles. The number of carbonyl (C=O) groups is 1. The van der Waals surface area contributed by atoms with Gasteiger partial charge in [-0.2, -0.15) is 0 Å². The maximum atomic E-state index is 11.4. The number of hydrogen-bond acceptors (Lipinski definition) is 3. The first-order valence-corrected chi connectivity index (χ1v) is 7.55. The molecule has 0 unspecified atom stereocenters. The number of nitrogens with zero attached hydrogens (tertiary/aromatic N) is 1. The Morgan fingerprint density at radius 3 is 2.60 bits per heavy atom. The van der Waals surface area contributed by atoms with Crippen LogP contribution in [0.2, 0.25) is 0 Å². The lowest BCUT2D eigenvalue weighted by Crippen LogP contribution is -2.06. The van der Waals surface area contributed by atoms with Gasteiger partial charge in [-0.1, -0.05) is 30.3 Å². The lowest BCUT2D eigenvalue weighted by atomic mass is 10.0. The lowest BCUT2D eigenvalue weighted by molar-refractivity contribution is -0.114. The molecule has 3 nitrogen and oxygen atoms in total. The average molecular weight is 282 g/mol. The Hall–Kier alpha value is -2.07. The van der Waals surface area contributed by atoms with E-state index < -0.39 is 0 Å². The number of fused-ring (bicyclic) bond motifs is 3. The highest BCUT2D eigenvalue weighted by Crippen LogP contribution is 2.31. The van der Waals surface area contributed by atoms with Gasteiger partial charge in [-0.25, -0.2) is 4.98 Å². The molecular weight excluding hydrogens is 268 g/mol. The van der Waals surface area contributed by atoms with Crippen LogP contribution in [0.25, 0.3) is 21.7 Å². The summed E-state index contributed by atoms with van der Waals surface area (Å²) in [5.41, 5.74) is 1.74. The topological polar surface area (TPSA) is 42.0 Å². The number of thioether (sulfide) groups is 1. The zero-order valence-electron chi connectivity index (χ0n) is 11.3. The van der Waals surface area contributed by atoms with Crippen LogP contribution in [0.15, 0.2) is 47.5 Å². The molecule has 1 heterocycles. The van der Waals surface area contributed by atoms with E-state index in [0.717, 1.165) is 32.4 Å². The van der Waals surface area contributed by atoms with Crippen molar-refractivity contribution in [3.05, 3.63) is 42.5 Å². The molecule has 4 heteroatoms. The maximum Gasteiger partial charge on any atom is 0.221 e. The Morgan fingerprint density at radius 1 is 1.10 bits per heavy atom. The Bertz CT molecular complexity index is 814. The number of rotatable bonds is 2. The van der Waals surface area contributed by atoms with Crippen molar-refractivity contribution in [3.63, 3.8) is 0 Å². The molecule has 3 rings (SSSR count). The van der Waals surface area contributed by atoms with E-state index in [0.29, 0.717) is 0 Å². The van der Waals surface area contributed by atoms with Crippen molar-refractivity contribution in [2.24, 2.45) is 0 Å². The number of pyridine rings is 1. The Balaban J connectivity index is 2.40. The van der Waals surface area contributed by atoms with Crippen LogP contribution in [0.3, 0.4) is 0 Å². The van der Waals surface area contributed by atoms with Crippen molar-refractivity contribution >= 4 is 45.0 Å². The van der Waals surface area contributed by atoms with Gasteiger partial charge in [0.05, 0.1) is 16.2 Å². The van der Waals surface area contributed by atoms with E-state index in [2.05, 4.69) is 23.5 Å². The van der Waals surface area contributed by atoms with Crippen molar-refractivity contribution in [3.8, 4) is 0 Å². The Kier molecular flexibility index (Phi) is 3.32. The van der Waals surface area contributed by atoms with Crippen molar-refractivity contribution in [2.45, 2.75) is 11.9 Å². The van der Waals surface area contributed by atoms with Crippen LogP contribution >= 0.6 is 11.8 Å². The molecule has 20 heavy (non-hydrogen) atoms. The first-order chi connectivity index (χ1) is 9.69. The minimum Gasteiger partial charge on any atom is -0.326 e. The minimum absolute atomic E-state index is 0.0736. The summed E-state index contributed by atoms with van der Waals surface area (Å²) in [6, 6.07) is 14.1. The fourth-order valence-corrected chi connectivity index (χ4v) is 2.73. The van der Waals surface area contributed by atoms with Crippen molar-refractivity contribution in [2.75, 3.05) is 11.6 Å².